The lowest BCUT2D eigenvalue weighted by Crippen LogP contribution is -2.77. The Bertz CT molecular complexity index is 1050. The van der Waals surface area contributed by atoms with Crippen molar-refractivity contribution in [1.29, 1.82) is 0 Å². The number of hydrogen-bond acceptors (Lipinski definition) is 12. The molecule has 0 fully saturated rings. The van der Waals surface area contributed by atoms with Crippen LogP contribution in [-0.4, -0.2) is 73.4 Å². The maximum atomic E-state index is 13.0. The van der Waals surface area contributed by atoms with Crippen molar-refractivity contribution < 1.29 is 67.8 Å². The number of ether oxygens (including phenoxy) is 6. The van der Waals surface area contributed by atoms with Gasteiger partial charge in [-0.2, -0.15) is 0 Å². The van der Waals surface area contributed by atoms with E-state index in [2.05, 4.69) is 14.1 Å². The summed E-state index contributed by atoms with van der Waals surface area (Å²) in [5, 5.41) is 2.62. The van der Waals surface area contributed by atoms with Gasteiger partial charge in [-0.25, -0.2) is 9.59 Å². The Kier molecular flexibility index (Phi) is 22.5. The summed E-state index contributed by atoms with van der Waals surface area (Å²) >= 11 is 0. The lowest BCUT2D eigenvalue weighted by atomic mass is 10.0. The van der Waals surface area contributed by atoms with Crippen molar-refractivity contribution in [3.8, 4) is 0 Å². The Balaban J connectivity index is 7.29. The number of hydrogen-bond donors (Lipinski definition) is 2. The van der Waals surface area contributed by atoms with Crippen LogP contribution in [-0.2, 0) is 57.2 Å². The van der Waals surface area contributed by atoms with E-state index < -0.39 is 73.4 Å². The lowest BCUT2D eigenvalue weighted by Gasteiger charge is -2.35. The molecule has 4 atom stereocenters. The van der Waals surface area contributed by atoms with E-state index in [4.69, 9.17) is 28.4 Å². The first-order chi connectivity index (χ1) is 22.7. The first-order valence-electron chi connectivity index (χ1n) is 16.4. The van der Waals surface area contributed by atoms with Crippen LogP contribution in [0, 0.1) is 14.1 Å². The van der Waals surface area contributed by atoms with Crippen LogP contribution in [0.25, 0.3) is 0 Å². The van der Waals surface area contributed by atoms with Crippen molar-refractivity contribution >= 4 is 35.8 Å². The minimum Gasteiger partial charge on any atom is -0.455 e. The molecule has 4 unspecified atom stereocenters. The van der Waals surface area contributed by atoms with Gasteiger partial charge < -0.3 is 39.1 Å². The maximum Gasteiger partial charge on any atom is 0.390 e. The standard InChI is InChI=1S/C34H56N2O12/c1-11-15-25(37)45-23(19-43-33(41)29(35-9)21(5)6)31(47-27(39)17-13-3)32(48-28(40)18-14-4)24(46-26(38)16-12-2)20-44-34(42)30(36-10)22(7)8/h23-24,31-32H,9-20,35-36H2,1-8H3. The molecule has 274 valence electrons. The molecule has 0 aromatic heterocycles. The SMILES string of the molecule is [CH2-][NH2+]C(C(=O)OCC(OC(=O)CCC)C(OC(=O)CCC)C(OC(=O)CCC)C(COC(=O)C([NH2+][CH2-])=C(C)C)OC(=O)CCC)=C(C)C. The second kappa shape index (κ2) is 24.4. The van der Waals surface area contributed by atoms with Crippen LogP contribution in [0.15, 0.2) is 22.5 Å². The van der Waals surface area contributed by atoms with Crippen molar-refractivity contribution in [1.82, 2.24) is 0 Å². The molecule has 0 saturated heterocycles. The topological polar surface area (TPSA) is 191 Å². The van der Waals surface area contributed by atoms with Crippen molar-refractivity contribution in [2.24, 2.45) is 0 Å². The van der Waals surface area contributed by atoms with Crippen molar-refractivity contribution in [3.05, 3.63) is 36.6 Å². The van der Waals surface area contributed by atoms with Gasteiger partial charge in [-0.3, -0.25) is 19.2 Å². The maximum absolute atomic E-state index is 13.0. The van der Waals surface area contributed by atoms with Crippen LogP contribution in [0.5, 0.6) is 0 Å². The van der Waals surface area contributed by atoms with Gasteiger partial charge in [0.1, 0.15) is 13.2 Å². The minimum atomic E-state index is -1.67. The number of carbonyl (C=O) groups excluding carboxylic acids is 6. The third-order valence-electron chi connectivity index (χ3n) is 6.66. The average molecular weight is 685 g/mol. The molecular formula is C34H56N2O12. The highest BCUT2D eigenvalue weighted by atomic mass is 16.6. The van der Waals surface area contributed by atoms with Gasteiger partial charge in [0.15, 0.2) is 35.8 Å². The van der Waals surface area contributed by atoms with Gasteiger partial charge in [-0.1, -0.05) is 27.7 Å². The molecule has 0 rings (SSSR count). The second-order valence-corrected chi connectivity index (χ2v) is 11.4. The predicted molar refractivity (Wildman–Crippen MR) is 172 cm³/mol. The first kappa shape index (κ1) is 44.2. The Morgan fingerprint density at radius 3 is 1.00 bits per heavy atom. The molecule has 0 aliphatic heterocycles. The van der Waals surface area contributed by atoms with Gasteiger partial charge in [-0.05, 0) is 64.5 Å². The molecule has 0 aromatic rings. The van der Waals surface area contributed by atoms with Gasteiger partial charge in [0, 0.05) is 25.7 Å². The summed E-state index contributed by atoms with van der Waals surface area (Å²) in [4.78, 5) is 77.8. The molecule has 0 heterocycles. The molecule has 0 saturated carbocycles. The Morgan fingerprint density at radius 2 is 0.771 bits per heavy atom. The van der Waals surface area contributed by atoms with E-state index in [1.165, 1.54) is 10.6 Å². The number of quaternary nitrogens is 2. The zero-order chi connectivity index (χ0) is 36.8. The van der Waals surface area contributed by atoms with E-state index in [1.807, 2.05) is 0 Å². The molecular weight excluding hydrogens is 628 g/mol. The number of esters is 6. The van der Waals surface area contributed by atoms with Gasteiger partial charge in [0.25, 0.3) is 0 Å². The van der Waals surface area contributed by atoms with Crippen molar-refractivity contribution in [2.45, 2.75) is 131 Å². The Hall–Kier alpha value is -3.78. The number of allylic oxidation sites excluding steroid dienone is 2. The fourth-order valence-electron chi connectivity index (χ4n) is 4.25. The first-order valence-corrected chi connectivity index (χ1v) is 16.4. The van der Waals surface area contributed by atoms with Gasteiger partial charge in [-0.15, -0.1) is 14.1 Å². The van der Waals surface area contributed by atoms with Crippen molar-refractivity contribution in [3.63, 3.8) is 0 Å². The fourth-order valence-corrected chi connectivity index (χ4v) is 4.25. The van der Waals surface area contributed by atoms with E-state index >= 15 is 0 Å². The quantitative estimate of drug-likeness (QED) is 0.0692. The Labute approximate surface area is 284 Å². The van der Waals surface area contributed by atoms with Gasteiger partial charge >= 0.3 is 35.8 Å². The fraction of sp³-hybridized carbons (Fsp3) is 0.647. The number of rotatable bonds is 23. The summed E-state index contributed by atoms with van der Waals surface area (Å²) in [7, 11) is 7.27. The number of nitrogens with two attached hydrogens (primary N) is 2. The van der Waals surface area contributed by atoms with E-state index in [1.54, 1.807) is 55.4 Å². The zero-order valence-corrected chi connectivity index (χ0v) is 29.8. The summed E-state index contributed by atoms with van der Waals surface area (Å²) < 4.78 is 34.0. The van der Waals surface area contributed by atoms with E-state index in [9.17, 15) is 28.8 Å². The van der Waals surface area contributed by atoms with Crippen LogP contribution in [0.3, 0.4) is 0 Å². The van der Waals surface area contributed by atoms with E-state index in [0.717, 1.165) is 0 Å². The lowest BCUT2D eigenvalue weighted by molar-refractivity contribution is -0.539. The number of carbonyl (C=O) groups is 6. The van der Waals surface area contributed by atoms with Crippen LogP contribution in [0.2, 0.25) is 0 Å². The normalized spacial score (nSPS) is 13.1. The molecule has 0 aliphatic carbocycles. The summed E-state index contributed by atoms with van der Waals surface area (Å²) in [6, 6.07) is 0. The molecule has 48 heavy (non-hydrogen) atoms. The molecule has 0 spiro atoms. The predicted octanol–water partition coefficient (Wildman–Crippen LogP) is 2.22. The monoisotopic (exact) mass is 684 g/mol. The highest BCUT2D eigenvalue weighted by Crippen LogP contribution is 2.23. The molecule has 0 radical (unpaired) electrons. The molecule has 0 amide bonds. The van der Waals surface area contributed by atoms with Crippen LogP contribution in [0.1, 0.15) is 107 Å². The molecule has 0 aliphatic rings. The molecule has 0 bridgehead atoms. The largest absolute Gasteiger partial charge is 0.455 e. The summed E-state index contributed by atoms with van der Waals surface area (Å²) in [6.07, 6.45) is -5.06. The third-order valence-corrected chi connectivity index (χ3v) is 6.66. The van der Waals surface area contributed by atoms with E-state index in [-0.39, 0.29) is 37.1 Å². The van der Waals surface area contributed by atoms with Crippen LogP contribution in [0.4, 0.5) is 0 Å². The van der Waals surface area contributed by atoms with Crippen LogP contribution >= 0.6 is 0 Å². The van der Waals surface area contributed by atoms with Crippen LogP contribution < -0.4 is 10.6 Å². The third kappa shape index (κ3) is 16.4. The van der Waals surface area contributed by atoms with Gasteiger partial charge in [0.05, 0.1) is 0 Å². The molecule has 0 aromatic carbocycles. The van der Waals surface area contributed by atoms with Gasteiger partial charge in [0.2, 0.25) is 0 Å². The summed E-state index contributed by atoms with van der Waals surface area (Å²) in [5.74, 6) is -4.54. The van der Waals surface area contributed by atoms with E-state index in [0.29, 0.717) is 36.8 Å². The molecule has 4 N–H and O–H groups in total. The molecule has 14 nitrogen and oxygen atoms in total. The summed E-state index contributed by atoms with van der Waals surface area (Å²) in [5.41, 5.74) is 1.53. The highest BCUT2D eigenvalue weighted by Gasteiger charge is 2.45. The second-order valence-electron chi connectivity index (χ2n) is 11.4. The Morgan fingerprint density at radius 1 is 0.500 bits per heavy atom. The summed E-state index contributed by atoms with van der Waals surface area (Å²) in [6.45, 7) is 12.4. The van der Waals surface area contributed by atoms with Crippen molar-refractivity contribution in [2.75, 3.05) is 13.2 Å². The zero-order valence-electron chi connectivity index (χ0n) is 29.8. The smallest absolute Gasteiger partial charge is 0.390 e. The highest BCUT2D eigenvalue weighted by molar-refractivity contribution is 5.86. The average Bonchev–Trinajstić information content (AvgIpc) is 3.00. The molecule has 14 heteroatoms. The minimum absolute atomic E-state index is 0.0359.